The number of hydrogen-bond donors (Lipinski definition) is 2. The Bertz CT molecular complexity index is 1270. The molecule has 0 bridgehead atoms. The second-order valence-corrected chi connectivity index (χ2v) is 9.54. The highest BCUT2D eigenvalue weighted by atomic mass is 19.3. The lowest BCUT2D eigenvalue weighted by Gasteiger charge is -2.38. The first-order valence-corrected chi connectivity index (χ1v) is 12.0. The van der Waals surface area contributed by atoms with E-state index in [0.29, 0.717) is 38.0 Å². The Morgan fingerprint density at radius 1 is 1.03 bits per heavy atom. The fourth-order valence-corrected chi connectivity index (χ4v) is 5.21. The van der Waals surface area contributed by atoms with Crippen molar-refractivity contribution in [3.05, 3.63) is 64.7 Å². The van der Waals surface area contributed by atoms with E-state index in [9.17, 15) is 33.1 Å². The summed E-state index contributed by atoms with van der Waals surface area (Å²) in [5.41, 5.74) is 0.366. The maximum atomic E-state index is 13.1. The van der Waals surface area contributed by atoms with E-state index in [1.165, 1.54) is 18.2 Å². The van der Waals surface area contributed by atoms with E-state index in [1.54, 1.807) is 18.2 Å². The maximum absolute atomic E-state index is 13.1. The molecule has 4 amide bonds. The number of piperidine rings is 2. The number of rotatable bonds is 6. The van der Waals surface area contributed by atoms with Gasteiger partial charge in [-0.2, -0.15) is 8.78 Å². The second kappa shape index (κ2) is 9.64. The van der Waals surface area contributed by atoms with Crippen molar-refractivity contribution < 1.29 is 37.8 Å². The summed E-state index contributed by atoms with van der Waals surface area (Å²) in [5.74, 6) is -2.25. The molecule has 2 N–H and O–H groups in total. The summed E-state index contributed by atoms with van der Waals surface area (Å²) in [6.45, 7) is -1.37. The van der Waals surface area contributed by atoms with Crippen LogP contribution in [0.1, 0.15) is 57.5 Å². The zero-order chi connectivity index (χ0) is 26.3. The molecular formula is C26H25F2N3O6. The number of nitrogens with zero attached hydrogens (tertiary/aromatic N) is 2. The molecule has 5 rings (SSSR count). The zero-order valence-corrected chi connectivity index (χ0v) is 19.8. The molecule has 2 fully saturated rings. The van der Waals surface area contributed by atoms with Gasteiger partial charge in [-0.3, -0.25) is 34.3 Å². The molecule has 9 nitrogen and oxygen atoms in total. The van der Waals surface area contributed by atoms with Crippen molar-refractivity contribution in [3.63, 3.8) is 0 Å². The topological polar surface area (TPSA) is 116 Å². The van der Waals surface area contributed by atoms with Gasteiger partial charge in [-0.15, -0.1) is 0 Å². The number of aliphatic hydroxyl groups is 1. The Morgan fingerprint density at radius 2 is 1.76 bits per heavy atom. The van der Waals surface area contributed by atoms with Gasteiger partial charge in [0.05, 0.1) is 16.7 Å². The number of carbonyl (C=O) groups is 4. The van der Waals surface area contributed by atoms with E-state index in [2.05, 4.69) is 15.0 Å². The van der Waals surface area contributed by atoms with E-state index in [-0.39, 0.29) is 29.7 Å². The molecule has 1 unspecified atom stereocenters. The molecule has 2 aromatic carbocycles. The van der Waals surface area contributed by atoms with Gasteiger partial charge in [0.1, 0.15) is 11.8 Å². The number of carbonyl (C=O) groups excluding carboxylic acids is 4. The molecule has 3 heterocycles. The highest BCUT2D eigenvalue weighted by Gasteiger charge is 2.45. The predicted octanol–water partition coefficient (Wildman–Crippen LogP) is 2.17. The average molecular weight is 513 g/mol. The molecule has 194 valence electrons. The fourth-order valence-electron chi connectivity index (χ4n) is 5.21. The molecule has 0 radical (unpaired) electrons. The van der Waals surface area contributed by atoms with Crippen molar-refractivity contribution in [1.29, 1.82) is 0 Å². The van der Waals surface area contributed by atoms with E-state index in [4.69, 9.17) is 0 Å². The molecule has 0 spiro atoms. The number of fused-ring (bicyclic) bond motifs is 1. The molecule has 0 saturated carbocycles. The Balaban J connectivity index is 1.27. The van der Waals surface area contributed by atoms with E-state index < -0.39 is 41.9 Å². The highest BCUT2D eigenvalue weighted by Crippen LogP contribution is 2.37. The predicted molar refractivity (Wildman–Crippen MR) is 125 cm³/mol. The minimum Gasteiger partial charge on any atom is -0.435 e. The number of benzene rings is 2. The van der Waals surface area contributed by atoms with Crippen LogP contribution in [0.25, 0.3) is 0 Å². The Hall–Kier alpha value is -3.70. The summed E-state index contributed by atoms with van der Waals surface area (Å²) in [5, 5.41) is 13.6. The van der Waals surface area contributed by atoms with Crippen LogP contribution in [0.3, 0.4) is 0 Å². The van der Waals surface area contributed by atoms with Crippen LogP contribution in [-0.4, -0.2) is 64.3 Å². The van der Waals surface area contributed by atoms with Crippen molar-refractivity contribution in [2.75, 3.05) is 13.1 Å². The third-order valence-corrected chi connectivity index (χ3v) is 7.19. The molecule has 1 atom stereocenters. The quantitative estimate of drug-likeness (QED) is 0.569. The summed E-state index contributed by atoms with van der Waals surface area (Å²) in [6.07, 6.45) is 0.824. The molecule has 3 aliphatic rings. The lowest BCUT2D eigenvalue weighted by Crippen LogP contribution is -2.54. The summed E-state index contributed by atoms with van der Waals surface area (Å²) < 4.78 is 29.5. The SMILES string of the molecule is O=C1CCC(N2C(=O)c3ccc(C4(O)CCN(Cc5cccc(OC(F)F)c5)CC4)cc3C2=O)C(=O)N1. The van der Waals surface area contributed by atoms with Crippen molar-refractivity contribution in [2.45, 2.75) is 50.5 Å². The van der Waals surface area contributed by atoms with Crippen LogP contribution in [0.5, 0.6) is 5.75 Å². The lowest BCUT2D eigenvalue weighted by molar-refractivity contribution is -0.136. The van der Waals surface area contributed by atoms with Gasteiger partial charge in [-0.1, -0.05) is 18.2 Å². The van der Waals surface area contributed by atoms with Crippen LogP contribution in [-0.2, 0) is 21.7 Å². The van der Waals surface area contributed by atoms with Crippen molar-refractivity contribution in [2.24, 2.45) is 0 Å². The van der Waals surface area contributed by atoms with Crippen molar-refractivity contribution >= 4 is 23.6 Å². The number of likely N-dealkylation sites (tertiary alicyclic amines) is 1. The normalized spacial score (nSPS) is 21.8. The molecule has 37 heavy (non-hydrogen) atoms. The standard InChI is InChI=1S/C26H25F2N3O6/c27-25(28)37-17-3-1-2-15(12-17)14-30-10-8-26(36,9-11-30)16-4-5-18-19(13-16)24(35)31(23(18)34)20-6-7-21(32)29-22(20)33/h1-5,12-13,20,25,36H,6-11,14H2,(H,29,32,33). The van der Waals surface area contributed by atoms with Crippen LogP contribution in [0.2, 0.25) is 0 Å². The van der Waals surface area contributed by atoms with Gasteiger partial charge in [0.15, 0.2) is 0 Å². The molecule has 0 aromatic heterocycles. The number of amides is 4. The number of imide groups is 2. The largest absolute Gasteiger partial charge is 0.435 e. The average Bonchev–Trinajstić information content (AvgIpc) is 3.10. The molecular weight excluding hydrogens is 488 g/mol. The van der Waals surface area contributed by atoms with Gasteiger partial charge in [0.25, 0.3) is 11.8 Å². The first-order valence-electron chi connectivity index (χ1n) is 12.0. The van der Waals surface area contributed by atoms with Gasteiger partial charge in [0.2, 0.25) is 11.8 Å². The second-order valence-electron chi connectivity index (χ2n) is 9.54. The van der Waals surface area contributed by atoms with Crippen molar-refractivity contribution in [3.8, 4) is 5.75 Å². The number of nitrogens with one attached hydrogen (secondary N) is 1. The van der Waals surface area contributed by atoms with Crippen LogP contribution < -0.4 is 10.1 Å². The number of alkyl halides is 2. The van der Waals surface area contributed by atoms with Gasteiger partial charge in [0, 0.05) is 26.1 Å². The number of halogens is 2. The number of ether oxygens (including phenoxy) is 1. The first kappa shape index (κ1) is 25.0. The summed E-state index contributed by atoms with van der Waals surface area (Å²) in [4.78, 5) is 52.7. The van der Waals surface area contributed by atoms with E-state index >= 15 is 0 Å². The highest BCUT2D eigenvalue weighted by molar-refractivity contribution is 6.23. The van der Waals surface area contributed by atoms with E-state index in [1.807, 2.05) is 6.07 Å². The molecule has 3 aliphatic heterocycles. The third-order valence-electron chi connectivity index (χ3n) is 7.19. The lowest BCUT2D eigenvalue weighted by atomic mass is 9.83. The first-order chi connectivity index (χ1) is 17.6. The summed E-state index contributed by atoms with van der Waals surface area (Å²) >= 11 is 0. The molecule has 11 heteroatoms. The Labute approximate surface area is 211 Å². The fraction of sp³-hybridized carbons (Fsp3) is 0.385. The smallest absolute Gasteiger partial charge is 0.387 e. The monoisotopic (exact) mass is 513 g/mol. The van der Waals surface area contributed by atoms with Gasteiger partial charge < -0.3 is 9.84 Å². The van der Waals surface area contributed by atoms with Gasteiger partial charge in [-0.25, -0.2) is 0 Å². The van der Waals surface area contributed by atoms with Crippen LogP contribution in [0, 0.1) is 0 Å². The zero-order valence-electron chi connectivity index (χ0n) is 19.8. The summed E-state index contributed by atoms with van der Waals surface area (Å²) in [7, 11) is 0. The Morgan fingerprint density at radius 3 is 2.46 bits per heavy atom. The molecule has 2 saturated heterocycles. The van der Waals surface area contributed by atoms with Crippen molar-refractivity contribution in [1.82, 2.24) is 15.1 Å². The maximum Gasteiger partial charge on any atom is 0.387 e. The molecule has 2 aromatic rings. The van der Waals surface area contributed by atoms with Crippen LogP contribution in [0.4, 0.5) is 8.78 Å². The Kier molecular flexibility index (Phi) is 6.50. The molecule has 0 aliphatic carbocycles. The van der Waals surface area contributed by atoms with E-state index in [0.717, 1.165) is 10.5 Å². The minimum absolute atomic E-state index is 0.0366. The van der Waals surface area contributed by atoms with Gasteiger partial charge in [-0.05, 0) is 54.7 Å². The summed E-state index contributed by atoms with van der Waals surface area (Å²) in [6, 6.07) is 10.1. The third kappa shape index (κ3) is 4.84. The number of hydrogen-bond acceptors (Lipinski definition) is 7. The van der Waals surface area contributed by atoms with Crippen LogP contribution in [0.15, 0.2) is 42.5 Å². The van der Waals surface area contributed by atoms with Gasteiger partial charge >= 0.3 is 6.61 Å². The van der Waals surface area contributed by atoms with Crippen LogP contribution >= 0.6 is 0 Å². The minimum atomic E-state index is -2.90.